The Morgan fingerprint density at radius 1 is 1.22 bits per heavy atom. The number of carboxylic acid groups (broad SMARTS) is 1. The third-order valence-electron chi connectivity index (χ3n) is 4.53. The summed E-state index contributed by atoms with van der Waals surface area (Å²) in [4.78, 5) is 22.1. The van der Waals surface area contributed by atoms with E-state index in [9.17, 15) is 14.3 Å². The summed E-state index contributed by atoms with van der Waals surface area (Å²) >= 11 is 0. The minimum atomic E-state index is -0.353. The van der Waals surface area contributed by atoms with E-state index in [2.05, 4.69) is 18.7 Å². The zero-order chi connectivity index (χ0) is 20.4. The Balaban J connectivity index is 0.00000114. The minimum absolute atomic E-state index is 0.189. The molecule has 1 unspecified atom stereocenters. The van der Waals surface area contributed by atoms with Crippen molar-refractivity contribution in [1.82, 2.24) is 9.47 Å². The molecule has 1 atom stereocenters. The van der Waals surface area contributed by atoms with Crippen molar-refractivity contribution < 1.29 is 19.4 Å². The maximum absolute atomic E-state index is 13.2. The molecule has 1 aromatic heterocycles. The second kappa shape index (κ2) is 11.1. The van der Waals surface area contributed by atoms with E-state index in [0.29, 0.717) is 12.2 Å². The van der Waals surface area contributed by atoms with Gasteiger partial charge in [-0.25, -0.2) is 4.39 Å². The highest BCUT2D eigenvalue weighted by Crippen LogP contribution is 2.24. The number of rotatable bonds is 7. The molecule has 0 fully saturated rings. The number of aromatic nitrogens is 1. The highest BCUT2D eigenvalue weighted by Gasteiger charge is 2.17. The average Bonchev–Trinajstić information content (AvgIpc) is 2.66. The van der Waals surface area contributed by atoms with Crippen LogP contribution in [0.25, 0.3) is 0 Å². The molecular weight excluding hydrogens is 351 g/mol. The van der Waals surface area contributed by atoms with Gasteiger partial charge < -0.3 is 14.8 Å². The van der Waals surface area contributed by atoms with E-state index in [-0.39, 0.29) is 29.5 Å². The number of hydrogen-bond acceptors (Lipinski definition) is 4. The summed E-state index contributed by atoms with van der Waals surface area (Å²) in [5.74, 6) is -0.415. The molecule has 0 aliphatic rings. The first-order valence-corrected chi connectivity index (χ1v) is 8.85. The molecule has 0 saturated heterocycles. The van der Waals surface area contributed by atoms with E-state index in [4.69, 9.17) is 9.90 Å². The van der Waals surface area contributed by atoms with Crippen LogP contribution >= 0.6 is 0 Å². The molecule has 0 bridgehead atoms. The van der Waals surface area contributed by atoms with Crippen molar-refractivity contribution in [1.29, 1.82) is 0 Å². The molecule has 6 nitrogen and oxygen atoms in total. The van der Waals surface area contributed by atoms with Crippen LogP contribution in [0.5, 0.6) is 5.75 Å². The summed E-state index contributed by atoms with van der Waals surface area (Å²) in [6, 6.07) is 8.26. The SMILES string of the molecule is CCC(c1ccc(F)cc1)N(CC)CCn1ccc(=O)c(O)c1C.O=CO. The molecule has 27 heavy (non-hydrogen) atoms. The van der Waals surface area contributed by atoms with E-state index in [0.717, 1.165) is 25.1 Å². The van der Waals surface area contributed by atoms with Crippen LogP contribution in [-0.2, 0) is 11.3 Å². The van der Waals surface area contributed by atoms with E-state index in [1.54, 1.807) is 13.1 Å². The van der Waals surface area contributed by atoms with Gasteiger partial charge in [0.25, 0.3) is 6.47 Å². The largest absolute Gasteiger partial charge is 0.503 e. The predicted molar refractivity (Wildman–Crippen MR) is 102 cm³/mol. The molecule has 7 heteroatoms. The normalized spacial score (nSPS) is 11.6. The third kappa shape index (κ3) is 6.21. The summed E-state index contributed by atoms with van der Waals surface area (Å²) in [5, 5.41) is 16.7. The Labute approximate surface area is 158 Å². The molecule has 0 aliphatic carbocycles. The van der Waals surface area contributed by atoms with Gasteiger partial charge in [-0.3, -0.25) is 14.5 Å². The topological polar surface area (TPSA) is 82.8 Å². The fourth-order valence-electron chi connectivity index (χ4n) is 3.07. The third-order valence-corrected chi connectivity index (χ3v) is 4.53. The fraction of sp³-hybridized carbons (Fsp3) is 0.400. The number of benzene rings is 1. The zero-order valence-electron chi connectivity index (χ0n) is 15.9. The monoisotopic (exact) mass is 378 g/mol. The number of nitrogens with zero attached hydrogens (tertiary/aromatic N) is 2. The molecule has 148 valence electrons. The summed E-state index contributed by atoms with van der Waals surface area (Å²) in [6.07, 6.45) is 2.64. The van der Waals surface area contributed by atoms with Crippen LogP contribution in [0.3, 0.4) is 0 Å². The van der Waals surface area contributed by atoms with Gasteiger partial charge in [0.2, 0.25) is 5.43 Å². The number of aromatic hydroxyl groups is 1. The van der Waals surface area contributed by atoms with Gasteiger partial charge >= 0.3 is 0 Å². The number of hydrogen-bond donors (Lipinski definition) is 2. The van der Waals surface area contributed by atoms with Crippen LogP contribution in [0.4, 0.5) is 4.39 Å². The van der Waals surface area contributed by atoms with Gasteiger partial charge in [0.05, 0.1) is 5.69 Å². The van der Waals surface area contributed by atoms with Crippen LogP contribution in [0.2, 0.25) is 0 Å². The highest BCUT2D eigenvalue weighted by atomic mass is 19.1. The summed E-state index contributed by atoms with van der Waals surface area (Å²) in [5.41, 5.74) is 1.32. The van der Waals surface area contributed by atoms with Crippen molar-refractivity contribution in [3.63, 3.8) is 0 Å². The first-order valence-electron chi connectivity index (χ1n) is 8.85. The average molecular weight is 378 g/mol. The van der Waals surface area contributed by atoms with Gasteiger partial charge in [-0.1, -0.05) is 26.0 Å². The Kier molecular flexibility index (Phi) is 9.22. The quantitative estimate of drug-likeness (QED) is 0.723. The van der Waals surface area contributed by atoms with Crippen LogP contribution in [0, 0.1) is 12.7 Å². The highest BCUT2D eigenvalue weighted by molar-refractivity contribution is 5.32. The smallest absolute Gasteiger partial charge is 0.290 e. The Bertz CT molecular complexity index is 775. The molecule has 0 aliphatic heterocycles. The lowest BCUT2D eigenvalue weighted by Gasteiger charge is -2.31. The summed E-state index contributed by atoms with van der Waals surface area (Å²) in [6.45, 7) is 8.02. The number of pyridine rings is 1. The first kappa shape index (κ1) is 22.4. The lowest BCUT2D eigenvalue weighted by atomic mass is 10.0. The van der Waals surface area contributed by atoms with Gasteiger partial charge in [0.1, 0.15) is 5.82 Å². The molecule has 0 radical (unpaired) electrons. The summed E-state index contributed by atoms with van der Waals surface area (Å²) in [7, 11) is 0. The van der Waals surface area contributed by atoms with Crippen molar-refractivity contribution in [2.75, 3.05) is 13.1 Å². The lowest BCUT2D eigenvalue weighted by molar-refractivity contribution is -0.122. The molecule has 1 heterocycles. The Morgan fingerprint density at radius 2 is 1.81 bits per heavy atom. The molecule has 2 N–H and O–H groups in total. The number of likely N-dealkylation sites (N-methyl/N-ethyl adjacent to an activating group) is 1. The number of carbonyl (C=O) groups is 1. The van der Waals surface area contributed by atoms with Gasteiger partial charge in [0, 0.05) is 31.4 Å². The van der Waals surface area contributed by atoms with Crippen LogP contribution in [0.1, 0.15) is 37.6 Å². The summed E-state index contributed by atoms with van der Waals surface area (Å²) < 4.78 is 15.0. The van der Waals surface area contributed by atoms with Gasteiger partial charge in [-0.05, 0) is 37.6 Å². The molecule has 1 aromatic carbocycles. The molecular formula is C20H27FN2O4. The van der Waals surface area contributed by atoms with Gasteiger partial charge in [-0.15, -0.1) is 0 Å². The van der Waals surface area contributed by atoms with E-state index in [1.807, 2.05) is 16.7 Å². The van der Waals surface area contributed by atoms with E-state index < -0.39 is 0 Å². The van der Waals surface area contributed by atoms with Crippen molar-refractivity contribution in [2.45, 2.75) is 39.8 Å². The maximum Gasteiger partial charge on any atom is 0.290 e. The zero-order valence-corrected chi connectivity index (χ0v) is 15.9. The van der Waals surface area contributed by atoms with E-state index in [1.165, 1.54) is 18.2 Å². The Morgan fingerprint density at radius 3 is 2.33 bits per heavy atom. The molecule has 0 saturated carbocycles. The number of halogens is 1. The van der Waals surface area contributed by atoms with Crippen molar-refractivity contribution >= 4 is 6.47 Å². The van der Waals surface area contributed by atoms with Crippen molar-refractivity contribution in [3.05, 3.63) is 63.8 Å². The maximum atomic E-state index is 13.2. The van der Waals surface area contributed by atoms with Gasteiger partial charge in [-0.2, -0.15) is 0 Å². The minimum Gasteiger partial charge on any atom is -0.503 e. The predicted octanol–water partition coefficient (Wildman–Crippen LogP) is 3.18. The molecule has 0 spiro atoms. The first-order chi connectivity index (χ1) is 12.9. The van der Waals surface area contributed by atoms with E-state index >= 15 is 0 Å². The van der Waals surface area contributed by atoms with Crippen LogP contribution in [-0.4, -0.2) is 39.2 Å². The van der Waals surface area contributed by atoms with Crippen molar-refractivity contribution in [2.24, 2.45) is 0 Å². The Hall–Kier alpha value is -2.67. The second-order valence-electron chi connectivity index (χ2n) is 6.02. The molecule has 0 amide bonds. The lowest BCUT2D eigenvalue weighted by Crippen LogP contribution is -2.32. The van der Waals surface area contributed by atoms with Gasteiger partial charge in [0.15, 0.2) is 5.75 Å². The van der Waals surface area contributed by atoms with Crippen molar-refractivity contribution in [3.8, 4) is 5.75 Å². The second-order valence-corrected chi connectivity index (χ2v) is 6.02. The van der Waals surface area contributed by atoms with Crippen LogP contribution < -0.4 is 5.43 Å². The fourth-order valence-corrected chi connectivity index (χ4v) is 3.07. The van der Waals surface area contributed by atoms with Crippen LogP contribution in [0.15, 0.2) is 41.3 Å². The molecule has 2 aromatic rings. The standard InChI is InChI=1S/C19H25FN2O2.CH2O2/c1-4-17(15-6-8-16(20)9-7-15)21(5-2)12-13-22-11-10-18(23)19(24)14(22)3;2-1-3/h6-11,17,24H,4-5,12-13H2,1-3H3;1H,(H,2,3). The molecule has 2 rings (SSSR count).